The smallest absolute Gasteiger partial charge is 0.251 e. The minimum Gasteiger partial charge on any atom is -0.352 e. The zero-order valence-corrected chi connectivity index (χ0v) is 11.4. The highest BCUT2D eigenvalue weighted by Crippen LogP contribution is 2.17. The molecule has 1 aliphatic carbocycles. The van der Waals surface area contributed by atoms with Crippen molar-refractivity contribution in [3.63, 3.8) is 0 Å². The Hall–Kier alpha value is -1.55. The number of rotatable bonds is 4. The molecular weight excluding hydrogens is 264 g/mol. The third-order valence-electron chi connectivity index (χ3n) is 3.24. The van der Waals surface area contributed by atoms with Crippen LogP contribution in [0.15, 0.2) is 24.3 Å². The summed E-state index contributed by atoms with van der Waals surface area (Å²) < 4.78 is 0. The summed E-state index contributed by atoms with van der Waals surface area (Å²) in [5.41, 5.74) is 0.498. The van der Waals surface area contributed by atoms with Crippen LogP contribution in [0.3, 0.4) is 0 Å². The Bertz CT molecular complexity index is 453. The van der Waals surface area contributed by atoms with E-state index in [1.807, 2.05) is 0 Å². The van der Waals surface area contributed by atoms with Crippen LogP contribution < -0.4 is 10.6 Å². The number of hydrogen-bond donors (Lipinski definition) is 2. The van der Waals surface area contributed by atoms with Crippen molar-refractivity contribution in [2.75, 3.05) is 6.54 Å². The number of benzene rings is 1. The van der Waals surface area contributed by atoms with E-state index in [0.29, 0.717) is 10.6 Å². The van der Waals surface area contributed by atoms with Crippen LogP contribution in [0.1, 0.15) is 36.0 Å². The summed E-state index contributed by atoms with van der Waals surface area (Å²) >= 11 is 5.74. The van der Waals surface area contributed by atoms with Gasteiger partial charge in [0.05, 0.1) is 6.54 Å². The lowest BCUT2D eigenvalue weighted by molar-refractivity contribution is -0.120. The highest BCUT2D eigenvalue weighted by molar-refractivity contribution is 6.30. The molecule has 1 aliphatic rings. The van der Waals surface area contributed by atoms with Crippen molar-refractivity contribution < 1.29 is 9.59 Å². The van der Waals surface area contributed by atoms with Gasteiger partial charge in [0, 0.05) is 16.6 Å². The van der Waals surface area contributed by atoms with Crippen LogP contribution in [-0.4, -0.2) is 24.4 Å². The van der Waals surface area contributed by atoms with Crippen molar-refractivity contribution in [1.82, 2.24) is 10.6 Å². The zero-order chi connectivity index (χ0) is 13.7. The van der Waals surface area contributed by atoms with E-state index < -0.39 is 0 Å². The van der Waals surface area contributed by atoms with E-state index in [0.717, 1.165) is 12.8 Å². The standard InChI is InChI=1S/C14H17ClN2O2/c15-11-7-5-10(6-8-11)14(19)16-9-13(18)17-12-3-1-2-4-12/h5-8,12H,1-4,9H2,(H,16,19)(H,17,18). The van der Waals surface area contributed by atoms with E-state index in [1.54, 1.807) is 24.3 Å². The average molecular weight is 281 g/mol. The molecule has 0 aliphatic heterocycles. The van der Waals surface area contributed by atoms with E-state index in [-0.39, 0.29) is 24.4 Å². The molecule has 0 bridgehead atoms. The fraction of sp³-hybridized carbons (Fsp3) is 0.429. The third-order valence-corrected chi connectivity index (χ3v) is 3.49. The normalized spacial score (nSPS) is 15.2. The molecule has 102 valence electrons. The molecule has 0 spiro atoms. The maximum absolute atomic E-state index is 11.8. The monoisotopic (exact) mass is 280 g/mol. The summed E-state index contributed by atoms with van der Waals surface area (Å²) in [5, 5.41) is 6.10. The topological polar surface area (TPSA) is 58.2 Å². The Morgan fingerprint density at radius 1 is 1.16 bits per heavy atom. The quantitative estimate of drug-likeness (QED) is 0.888. The molecule has 5 heteroatoms. The number of carbonyl (C=O) groups is 2. The van der Waals surface area contributed by atoms with Gasteiger partial charge in [-0.1, -0.05) is 24.4 Å². The summed E-state index contributed by atoms with van der Waals surface area (Å²) in [7, 11) is 0. The second kappa shape index (κ2) is 6.57. The lowest BCUT2D eigenvalue weighted by atomic mass is 10.2. The summed E-state index contributed by atoms with van der Waals surface area (Å²) in [6.45, 7) is 0.0119. The van der Waals surface area contributed by atoms with Crippen LogP contribution in [0.5, 0.6) is 0 Å². The summed E-state index contributed by atoms with van der Waals surface area (Å²) in [6, 6.07) is 6.84. The molecule has 0 heterocycles. The first-order valence-corrected chi connectivity index (χ1v) is 6.86. The molecule has 2 N–H and O–H groups in total. The summed E-state index contributed by atoms with van der Waals surface area (Å²) in [4.78, 5) is 23.4. The minimum atomic E-state index is -0.266. The van der Waals surface area contributed by atoms with E-state index in [4.69, 9.17) is 11.6 Å². The SMILES string of the molecule is O=C(CNC(=O)c1ccc(Cl)cc1)NC1CCCC1. The Labute approximate surface area is 117 Å². The molecule has 0 saturated heterocycles. The van der Waals surface area contributed by atoms with Crippen molar-refractivity contribution >= 4 is 23.4 Å². The van der Waals surface area contributed by atoms with Gasteiger partial charge in [0.1, 0.15) is 0 Å². The van der Waals surface area contributed by atoms with Crippen molar-refractivity contribution in [2.24, 2.45) is 0 Å². The van der Waals surface area contributed by atoms with E-state index in [1.165, 1.54) is 12.8 Å². The molecule has 1 saturated carbocycles. The third kappa shape index (κ3) is 4.24. The molecule has 1 fully saturated rings. The maximum atomic E-state index is 11.8. The fourth-order valence-electron chi connectivity index (χ4n) is 2.21. The van der Waals surface area contributed by atoms with Gasteiger partial charge in [0.25, 0.3) is 5.91 Å². The minimum absolute atomic E-state index is 0.0119. The average Bonchev–Trinajstić information content (AvgIpc) is 2.89. The largest absolute Gasteiger partial charge is 0.352 e. The first kappa shape index (κ1) is 13.9. The van der Waals surface area contributed by atoms with E-state index in [2.05, 4.69) is 10.6 Å². The number of carbonyl (C=O) groups excluding carboxylic acids is 2. The second-order valence-corrected chi connectivity index (χ2v) is 5.17. The number of halogens is 1. The van der Waals surface area contributed by atoms with Crippen LogP contribution in [0.4, 0.5) is 0 Å². The van der Waals surface area contributed by atoms with Crippen molar-refractivity contribution in [3.05, 3.63) is 34.9 Å². The summed E-state index contributed by atoms with van der Waals surface area (Å²) in [5.74, 6) is -0.396. The maximum Gasteiger partial charge on any atom is 0.251 e. The van der Waals surface area contributed by atoms with Gasteiger partial charge in [0.15, 0.2) is 0 Å². The molecule has 4 nitrogen and oxygen atoms in total. The van der Waals surface area contributed by atoms with Gasteiger partial charge in [-0.2, -0.15) is 0 Å². The van der Waals surface area contributed by atoms with Gasteiger partial charge in [-0.15, -0.1) is 0 Å². The van der Waals surface area contributed by atoms with Crippen molar-refractivity contribution in [3.8, 4) is 0 Å². The molecule has 0 unspecified atom stereocenters. The predicted molar refractivity (Wildman–Crippen MR) is 74.2 cm³/mol. The van der Waals surface area contributed by atoms with Crippen LogP contribution >= 0.6 is 11.6 Å². The first-order valence-electron chi connectivity index (χ1n) is 6.48. The van der Waals surface area contributed by atoms with Crippen LogP contribution in [0, 0.1) is 0 Å². The van der Waals surface area contributed by atoms with Gasteiger partial charge in [0.2, 0.25) is 5.91 Å². The van der Waals surface area contributed by atoms with Crippen molar-refractivity contribution in [1.29, 1.82) is 0 Å². The lowest BCUT2D eigenvalue weighted by Gasteiger charge is -2.12. The molecule has 1 aromatic rings. The van der Waals surface area contributed by atoms with Gasteiger partial charge in [-0.05, 0) is 37.1 Å². The van der Waals surface area contributed by atoms with Gasteiger partial charge in [-0.25, -0.2) is 0 Å². The Morgan fingerprint density at radius 2 is 1.79 bits per heavy atom. The van der Waals surface area contributed by atoms with Crippen LogP contribution in [0.25, 0.3) is 0 Å². The van der Waals surface area contributed by atoms with Gasteiger partial charge in [-0.3, -0.25) is 9.59 Å². The lowest BCUT2D eigenvalue weighted by Crippen LogP contribution is -2.40. The Balaban J connectivity index is 1.76. The molecule has 0 aromatic heterocycles. The van der Waals surface area contributed by atoms with E-state index >= 15 is 0 Å². The Kier molecular flexibility index (Phi) is 4.80. The molecule has 19 heavy (non-hydrogen) atoms. The number of nitrogens with one attached hydrogen (secondary N) is 2. The molecule has 1 aromatic carbocycles. The highest BCUT2D eigenvalue weighted by atomic mass is 35.5. The van der Waals surface area contributed by atoms with Crippen LogP contribution in [-0.2, 0) is 4.79 Å². The molecule has 0 atom stereocenters. The zero-order valence-electron chi connectivity index (χ0n) is 10.6. The van der Waals surface area contributed by atoms with Crippen LogP contribution in [0.2, 0.25) is 5.02 Å². The van der Waals surface area contributed by atoms with Gasteiger partial charge >= 0.3 is 0 Å². The van der Waals surface area contributed by atoms with Crippen molar-refractivity contribution in [2.45, 2.75) is 31.7 Å². The summed E-state index contributed by atoms with van der Waals surface area (Å²) in [6.07, 6.45) is 4.41. The fourth-order valence-corrected chi connectivity index (χ4v) is 2.34. The molecule has 0 radical (unpaired) electrons. The van der Waals surface area contributed by atoms with E-state index in [9.17, 15) is 9.59 Å². The first-order chi connectivity index (χ1) is 9.15. The number of hydrogen-bond acceptors (Lipinski definition) is 2. The molecule has 2 amide bonds. The predicted octanol–water partition coefficient (Wildman–Crippen LogP) is 2.13. The highest BCUT2D eigenvalue weighted by Gasteiger charge is 2.17. The molecular formula is C14H17ClN2O2. The Morgan fingerprint density at radius 3 is 2.42 bits per heavy atom. The molecule has 2 rings (SSSR count). The van der Waals surface area contributed by atoms with Gasteiger partial charge < -0.3 is 10.6 Å². The number of amides is 2. The second-order valence-electron chi connectivity index (χ2n) is 4.74.